The summed E-state index contributed by atoms with van der Waals surface area (Å²) in [6, 6.07) is 0. The minimum absolute atomic E-state index is 0.0388. The van der Waals surface area contributed by atoms with Gasteiger partial charge in [-0.3, -0.25) is 4.79 Å². The largest absolute Gasteiger partial charge is 0.510 e. The molecule has 0 amide bonds. The SMILES string of the molecule is C/C=C\CC(C)C1=CC/C(O)=C(/C(C)=O)N=C(C)C(C(F)(F)F)=C1. The van der Waals surface area contributed by atoms with E-state index in [0.717, 1.165) is 13.0 Å². The second kappa shape index (κ2) is 8.13. The molecule has 0 aliphatic carbocycles. The Labute approximate surface area is 140 Å². The number of aliphatic hydroxyl groups excluding tert-OH is 1. The number of ketones is 1. The van der Waals surface area contributed by atoms with Crippen LogP contribution in [0.25, 0.3) is 0 Å². The minimum atomic E-state index is -4.60. The Morgan fingerprint density at radius 2 is 2.08 bits per heavy atom. The van der Waals surface area contributed by atoms with E-state index in [2.05, 4.69) is 4.99 Å². The molecule has 1 aliphatic rings. The van der Waals surface area contributed by atoms with Gasteiger partial charge in [0.15, 0.2) is 5.78 Å². The molecule has 0 radical (unpaired) electrons. The lowest BCUT2D eigenvalue weighted by molar-refractivity contribution is -0.113. The first kappa shape index (κ1) is 19.9. The van der Waals surface area contributed by atoms with Gasteiger partial charge in [0, 0.05) is 13.3 Å². The van der Waals surface area contributed by atoms with Crippen molar-refractivity contribution in [1.82, 2.24) is 0 Å². The van der Waals surface area contributed by atoms with E-state index in [0.29, 0.717) is 12.0 Å². The number of halogens is 3. The molecule has 1 N–H and O–H groups in total. The fraction of sp³-hybridized carbons (Fsp3) is 0.444. The highest BCUT2D eigenvalue weighted by atomic mass is 19.4. The van der Waals surface area contributed by atoms with Crippen molar-refractivity contribution in [2.45, 2.75) is 46.7 Å². The predicted molar refractivity (Wildman–Crippen MR) is 88.9 cm³/mol. The summed E-state index contributed by atoms with van der Waals surface area (Å²) in [6.07, 6.45) is 2.22. The Kier molecular flexibility index (Phi) is 6.75. The van der Waals surface area contributed by atoms with E-state index < -0.39 is 17.5 Å². The third-order valence-electron chi connectivity index (χ3n) is 3.72. The minimum Gasteiger partial charge on any atom is -0.510 e. The number of hydrogen-bond acceptors (Lipinski definition) is 3. The van der Waals surface area contributed by atoms with Crippen LogP contribution in [0.2, 0.25) is 0 Å². The zero-order valence-corrected chi connectivity index (χ0v) is 14.2. The zero-order valence-electron chi connectivity index (χ0n) is 14.2. The van der Waals surface area contributed by atoms with Gasteiger partial charge in [-0.25, -0.2) is 4.99 Å². The van der Waals surface area contributed by atoms with Crippen LogP contribution in [-0.4, -0.2) is 22.8 Å². The van der Waals surface area contributed by atoms with Crippen LogP contribution in [-0.2, 0) is 4.79 Å². The fourth-order valence-electron chi connectivity index (χ4n) is 2.32. The van der Waals surface area contributed by atoms with E-state index in [1.54, 1.807) is 0 Å². The lowest BCUT2D eigenvalue weighted by Gasteiger charge is -2.15. The molecule has 1 rings (SSSR count). The first-order chi connectivity index (χ1) is 11.1. The van der Waals surface area contributed by atoms with Crippen LogP contribution in [0.4, 0.5) is 13.2 Å². The average Bonchev–Trinajstić information content (AvgIpc) is 2.53. The number of nitrogens with zero attached hydrogens (tertiary/aromatic N) is 1. The lowest BCUT2D eigenvalue weighted by Crippen LogP contribution is -2.19. The van der Waals surface area contributed by atoms with Gasteiger partial charge < -0.3 is 5.11 Å². The molecule has 1 aliphatic heterocycles. The van der Waals surface area contributed by atoms with E-state index >= 15 is 0 Å². The molecule has 1 atom stereocenters. The highest BCUT2D eigenvalue weighted by molar-refractivity contribution is 6.04. The molecule has 0 aromatic rings. The number of allylic oxidation sites excluding steroid dienone is 7. The molecule has 132 valence electrons. The normalized spacial score (nSPS) is 21.4. The van der Waals surface area contributed by atoms with Gasteiger partial charge in [-0.2, -0.15) is 13.2 Å². The summed E-state index contributed by atoms with van der Waals surface area (Å²) in [5.41, 5.74) is -1.13. The number of Topliss-reactive ketones (excluding diaryl/α,β-unsaturated/α-hetero) is 1. The number of aliphatic imine (C=N–C) groups is 1. The summed E-state index contributed by atoms with van der Waals surface area (Å²) in [5, 5.41) is 10.0. The Bertz CT molecular complexity index is 650. The third kappa shape index (κ3) is 5.22. The summed E-state index contributed by atoms with van der Waals surface area (Å²) in [5.74, 6) is -1.07. The van der Waals surface area contributed by atoms with Crippen LogP contribution in [0.1, 0.15) is 40.5 Å². The average molecular weight is 341 g/mol. The molecule has 0 bridgehead atoms. The number of aliphatic hydroxyl groups is 1. The van der Waals surface area contributed by atoms with Crippen molar-refractivity contribution < 1.29 is 23.1 Å². The van der Waals surface area contributed by atoms with Crippen molar-refractivity contribution in [1.29, 1.82) is 0 Å². The van der Waals surface area contributed by atoms with E-state index in [1.165, 1.54) is 13.0 Å². The highest BCUT2D eigenvalue weighted by Crippen LogP contribution is 2.32. The van der Waals surface area contributed by atoms with Crippen LogP contribution in [0.5, 0.6) is 0 Å². The van der Waals surface area contributed by atoms with Gasteiger partial charge in [0.05, 0.1) is 11.3 Å². The molecule has 0 fully saturated rings. The second-order valence-electron chi connectivity index (χ2n) is 5.72. The summed E-state index contributed by atoms with van der Waals surface area (Å²) in [6.45, 7) is 6.00. The number of rotatable bonds is 4. The molecule has 0 saturated heterocycles. The smallest absolute Gasteiger partial charge is 0.418 e. The standard InChI is InChI=1S/C18H22F3NO2/c1-5-6-7-11(2)14-8-9-16(24)17(13(4)23)22-12(3)15(10-14)18(19,20)21/h5-6,8,10-11,24H,7,9H2,1-4H3/b6-5-,14-8?,15-10?,17-16+,22-12?. The maximum atomic E-state index is 13.4. The fourth-order valence-corrected chi connectivity index (χ4v) is 2.32. The van der Waals surface area contributed by atoms with Crippen molar-refractivity contribution in [3.8, 4) is 0 Å². The monoisotopic (exact) mass is 341 g/mol. The molecular weight excluding hydrogens is 319 g/mol. The predicted octanol–water partition coefficient (Wildman–Crippen LogP) is 5.23. The number of carbonyl (C=O) groups is 1. The topological polar surface area (TPSA) is 49.7 Å². The van der Waals surface area contributed by atoms with E-state index in [-0.39, 0.29) is 29.5 Å². The molecule has 0 aromatic heterocycles. The molecule has 1 heterocycles. The molecule has 1 unspecified atom stereocenters. The van der Waals surface area contributed by atoms with Gasteiger partial charge >= 0.3 is 6.18 Å². The maximum absolute atomic E-state index is 13.4. The van der Waals surface area contributed by atoms with Crippen molar-refractivity contribution in [3.05, 3.63) is 46.9 Å². The van der Waals surface area contributed by atoms with Crippen LogP contribution < -0.4 is 0 Å². The van der Waals surface area contributed by atoms with Crippen LogP contribution >= 0.6 is 0 Å². The Morgan fingerprint density at radius 1 is 1.46 bits per heavy atom. The van der Waals surface area contributed by atoms with Gasteiger partial charge in [0.1, 0.15) is 11.5 Å². The molecule has 0 aromatic carbocycles. The molecule has 0 spiro atoms. The third-order valence-corrected chi connectivity index (χ3v) is 3.72. The van der Waals surface area contributed by atoms with E-state index in [1.807, 2.05) is 26.0 Å². The molecular formula is C18H22F3NO2. The Hall–Kier alpha value is -2.11. The molecule has 3 nitrogen and oxygen atoms in total. The maximum Gasteiger partial charge on any atom is 0.418 e. The number of alkyl halides is 3. The number of carbonyl (C=O) groups excluding carboxylic acids is 1. The van der Waals surface area contributed by atoms with Crippen LogP contribution in [0, 0.1) is 5.92 Å². The van der Waals surface area contributed by atoms with Crippen molar-refractivity contribution in [2.75, 3.05) is 0 Å². The first-order valence-electron chi connectivity index (χ1n) is 7.66. The first-order valence-corrected chi connectivity index (χ1v) is 7.66. The molecule has 6 heteroatoms. The van der Waals surface area contributed by atoms with Crippen molar-refractivity contribution in [3.63, 3.8) is 0 Å². The van der Waals surface area contributed by atoms with Gasteiger partial charge in [-0.1, -0.05) is 25.2 Å². The molecule has 24 heavy (non-hydrogen) atoms. The van der Waals surface area contributed by atoms with E-state index in [4.69, 9.17) is 0 Å². The van der Waals surface area contributed by atoms with Crippen molar-refractivity contribution >= 4 is 11.5 Å². The molecule has 0 saturated carbocycles. The summed E-state index contributed by atoms with van der Waals surface area (Å²) < 4.78 is 40.2. The number of hydrogen-bond donors (Lipinski definition) is 1. The van der Waals surface area contributed by atoms with E-state index in [9.17, 15) is 23.1 Å². The zero-order chi connectivity index (χ0) is 18.5. The van der Waals surface area contributed by atoms with Gasteiger partial charge in [0.2, 0.25) is 0 Å². The summed E-state index contributed by atoms with van der Waals surface area (Å²) in [4.78, 5) is 15.3. The van der Waals surface area contributed by atoms with Crippen molar-refractivity contribution in [2.24, 2.45) is 10.9 Å². The lowest BCUT2D eigenvalue weighted by atomic mass is 9.93. The van der Waals surface area contributed by atoms with Crippen LogP contribution in [0.3, 0.4) is 0 Å². The van der Waals surface area contributed by atoms with Gasteiger partial charge in [-0.05, 0) is 37.8 Å². The highest BCUT2D eigenvalue weighted by Gasteiger charge is 2.36. The van der Waals surface area contributed by atoms with Crippen LogP contribution in [0.15, 0.2) is 51.9 Å². The summed E-state index contributed by atoms with van der Waals surface area (Å²) in [7, 11) is 0. The van der Waals surface area contributed by atoms with Gasteiger partial charge in [0.25, 0.3) is 0 Å². The quantitative estimate of drug-likeness (QED) is 0.712. The Morgan fingerprint density at radius 3 is 2.58 bits per heavy atom. The second-order valence-corrected chi connectivity index (χ2v) is 5.72. The summed E-state index contributed by atoms with van der Waals surface area (Å²) >= 11 is 0. The van der Waals surface area contributed by atoms with Gasteiger partial charge in [-0.15, -0.1) is 0 Å². The Balaban J connectivity index is 3.52.